The van der Waals surface area contributed by atoms with Crippen molar-refractivity contribution in [3.8, 4) is 0 Å². The first kappa shape index (κ1) is 80.9. The van der Waals surface area contributed by atoms with E-state index in [1.165, 1.54) is 238 Å². The second kappa shape index (κ2) is 64.4. The van der Waals surface area contributed by atoms with Gasteiger partial charge in [0.25, 0.3) is 0 Å². The first-order valence-corrected chi connectivity index (χ1v) is 37.3. The number of allylic oxidation sites excluding steroid dienone is 12. The highest BCUT2D eigenvalue weighted by molar-refractivity contribution is 7.47. The Morgan fingerprint density at radius 2 is 0.723 bits per heavy atom. The second-order valence-corrected chi connectivity index (χ2v) is 27.0. The minimum Gasteiger partial charge on any atom is -0.391 e. The molecule has 1 amide bonds. The van der Waals surface area contributed by atoms with E-state index in [-0.39, 0.29) is 19.1 Å². The summed E-state index contributed by atoms with van der Waals surface area (Å²) in [5, 5.41) is 14.2. The van der Waals surface area contributed by atoms with Gasteiger partial charge in [0.2, 0.25) is 5.91 Å². The highest BCUT2D eigenvalue weighted by Crippen LogP contribution is 2.43. The van der Waals surface area contributed by atoms with Gasteiger partial charge in [-0.1, -0.05) is 344 Å². The Morgan fingerprint density at radius 1 is 0.422 bits per heavy atom. The van der Waals surface area contributed by atoms with E-state index in [0.717, 1.165) is 77.0 Å². The van der Waals surface area contributed by atoms with Crippen LogP contribution in [0.1, 0.15) is 341 Å². The van der Waals surface area contributed by atoms with E-state index in [9.17, 15) is 19.4 Å². The van der Waals surface area contributed by atoms with Crippen LogP contribution in [-0.2, 0) is 18.4 Å². The maximum atomic E-state index is 13.1. The van der Waals surface area contributed by atoms with Gasteiger partial charge >= 0.3 is 7.82 Å². The molecular formula is C74H140N2O6P+. The van der Waals surface area contributed by atoms with Crippen molar-refractivity contribution >= 4 is 13.7 Å². The molecule has 0 aromatic carbocycles. The second-order valence-electron chi connectivity index (χ2n) is 25.6. The van der Waals surface area contributed by atoms with Gasteiger partial charge in [-0.3, -0.25) is 13.8 Å². The zero-order valence-corrected chi connectivity index (χ0v) is 56.6. The number of rotatable bonds is 66. The molecule has 3 atom stereocenters. The van der Waals surface area contributed by atoms with Crippen LogP contribution >= 0.6 is 7.82 Å². The van der Waals surface area contributed by atoms with E-state index in [4.69, 9.17) is 9.05 Å². The Bertz CT molecular complexity index is 1580. The highest BCUT2D eigenvalue weighted by atomic mass is 31.2. The zero-order chi connectivity index (χ0) is 60.5. The van der Waals surface area contributed by atoms with E-state index >= 15 is 0 Å². The molecule has 3 unspecified atom stereocenters. The minimum absolute atomic E-state index is 0.0749. The number of aliphatic hydroxyl groups excluding tert-OH is 1. The maximum absolute atomic E-state index is 13.1. The molecule has 0 aliphatic heterocycles. The molecule has 3 N–H and O–H groups in total. The number of carbonyl (C=O) groups is 1. The molecule has 0 spiro atoms. The van der Waals surface area contributed by atoms with Gasteiger partial charge < -0.3 is 19.8 Å². The SMILES string of the molecule is CC/C=C\C/C=C\C/C=C\C/C=C\C/C=C\C/C=C\CCCCCCCCCCCCCCCCCCCCC(=O)NC(COP(=O)(O)OCC[N+](C)(C)C)C(O)CCCCCCCCCCCCCCCCCCCCCCCCCC. The molecule has 8 nitrogen and oxygen atoms in total. The summed E-state index contributed by atoms with van der Waals surface area (Å²) in [5.74, 6) is -0.139. The molecule has 0 heterocycles. The Morgan fingerprint density at radius 3 is 1.06 bits per heavy atom. The van der Waals surface area contributed by atoms with Gasteiger partial charge in [-0.15, -0.1) is 0 Å². The molecule has 0 aromatic heterocycles. The quantitative estimate of drug-likeness (QED) is 0.0243. The molecule has 0 aliphatic carbocycles. The number of nitrogens with zero attached hydrogens (tertiary/aromatic N) is 1. The number of hydrogen-bond donors (Lipinski definition) is 3. The molecule has 0 rings (SSSR count). The lowest BCUT2D eigenvalue weighted by molar-refractivity contribution is -0.870. The summed E-state index contributed by atoms with van der Waals surface area (Å²) in [6.45, 7) is 4.82. The van der Waals surface area contributed by atoms with Gasteiger partial charge in [0.05, 0.1) is 39.9 Å². The van der Waals surface area contributed by atoms with Gasteiger partial charge in [0.1, 0.15) is 13.2 Å². The van der Waals surface area contributed by atoms with E-state index in [2.05, 4.69) is 92.1 Å². The standard InChI is InChI=1S/C74H139N2O6P/c1-6-8-10-12-14-16-18-20-22-24-26-28-30-32-33-34-35-36-37-38-39-40-41-42-43-44-46-48-50-52-54-56-58-60-62-64-66-68-74(78)75-72(71-82-83(79,80)81-70-69-76(3,4)5)73(77)67-65-63-61-59-57-55-53-51-49-47-45-31-29-27-25-23-21-19-17-15-13-11-9-7-2/h8,10,14,16,20,22,26,28,32-33,35-36,72-73,77H,6-7,9,11-13,15,17-19,21,23-25,27,29-31,34,37-71H2,1-5H3,(H-,75,78,79,80)/p+1/b10-8-,16-14-,22-20-,28-26-,33-32-,36-35-. The number of nitrogens with one attached hydrogen (secondary N) is 1. The fourth-order valence-corrected chi connectivity index (χ4v) is 11.4. The third-order valence-corrected chi connectivity index (χ3v) is 17.2. The molecule has 0 saturated carbocycles. The van der Waals surface area contributed by atoms with Crippen molar-refractivity contribution in [2.75, 3.05) is 40.9 Å². The minimum atomic E-state index is -4.33. The largest absolute Gasteiger partial charge is 0.472 e. The van der Waals surface area contributed by atoms with Crippen molar-refractivity contribution in [3.05, 3.63) is 72.9 Å². The zero-order valence-electron chi connectivity index (χ0n) is 55.7. The molecule has 9 heteroatoms. The summed E-state index contributed by atoms with van der Waals surface area (Å²) < 4.78 is 23.9. The number of unbranched alkanes of at least 4 members (excludes halogenated alkanes) is 41. The molecule has 0 bridgehead atoms. The van der Waals surface area contributed by atoms with Crippen LogP contribution in [0.4, 0.5) is 0 Å². The summed E-state index contributed by atoms with van der Waals surface area (Å²) in [6, 6.07) is -0.763. The third-order valence-electron chi connectivity index (χ3n) is 16.2. The number of hydrogen-bond acceptors (Lipinski definition) is 5. The normalized spacial score (nSPS) is 14.1. The van der Waals surface area contributed by atoms with Gasteiger partial charge in [0.15, 0.2) is 0 Å². The number of likely N-dealkylation sites (N-methyl/N-ethyl adjacent to an activating group) is 1. The molecule has 0 radical (unpaired) electrons. The average molecular weight is 1180 g/mol. The van der Waals surface area contributed by atoms with Crippen LogP contribution in [-0.4, -0.2) is 73.4 Å². The Kier molecular flexibility index (Phi) is 62.8. The number of quaternary nitrogens is 1. The summed E-state index contributed by atoms with van der Waals surface area (Å²) in [4.78, 5) is 23.5. The van der Waals surface area contributed by atoms with Gasteiger partial charge in [-0.2, -0.15) is 0 Å². The van der Waals surface area contributed by atoms with Gasteiger partial charge in [0, 0.05) is 6.42 Å². The lowest BCUT2D eigenvalue weighted by Crippen LogP contribution is -2.46. The predicted octanol–water partition coefficient (Wildman–Crippen LogP) is 22.9. The lowest BCUT2D eigenvalue weighted by atomic mass is 10.0. The van der Waals surface area contributed by atoms with E-state index in [1.54, 1.807) is 0 Å². The molecule has 0 aromatic rings. The molecule has 83 heavy (non-hydrogen) atoms. The van der Waals surface area contributed by atoms with Gasteiger partial charge in [-0.25, -0.2) is 4.57 Å². The fourth-order valence-electron chi connectivity index (χ4n) is 10.7. The van der Waals surface area contributed by atoms with E-state index in [0.29, 0.717) is 23.9 Å². The molecular weight excluding hydrogens is 1040 g/mol. The molecule has 486 valence electrons. The first-order chi connectivity index (χ1) is 40.5. The molecule has 0 aliphatic rings. The number of phosphoric ester groups is 1. The van der Waals surface area contributed by atoms with Crippen LogP contribution in [0.15, 0.2) is 72.9 Å². The van der Waals surface area contributed by atoms with Crippen LogP contribution < -0.4 is 5.32 Å². The highest BCUT2D eigenvalue weighted by Gasteiger charge is 2.28. The Hall–Kier alpha value is -2.06. The summed E-state index contributed by atoms with van der Waals surface area (Å²) in [5.41, 5.74) is 0. The molecule has 0 saturated heterocycles. The van der Waals surface area contributed by atoms with Crippen LogP contribution in [0, 0.1) is 0 Å². The van der Waals surface area contributed by atoms with Crippen LogP contribution in [0.25, 0.3) is 0 Å². The van der Waals surface area contributed by atoms with Crippen LogP contribution in [0.2, 0.25) is 0 Å². The van der Waals surface area contributed by atoms with Crippen LogP contribution in [0.3, 0.4) is 0 Å². The van der Waals surface area contributed by atoms with Crippen LogP contribution in [0.5, 0.6) is 0 Å². The number of aliphatic hydroxyl groups is 1. The number of phosphoric acid groups is 1. The third kappa shape index (κ3) is 67.3. The van der Waals surface area contributed by atoms with Crippen molar-refractivity contribution in [2.45, 2.75) is 353 Å². The molecule has 0 fully saturated rings. The maximum Gasteiger partial charge on any atom is 0.472 e. The number of carbonyl (C=O) groups excluding carboxylic acids is 1. The van der Waals surface area contributed by atoms with Crippen molar-refractivity contribution in [2.24, 2.45) is 0 Å². The van der Waals surface area contributed by atoms with Gasteiger partial charge in [-0.05, 0) is 64.2 Å². The van der Waals surface area contributed by atoms with Crippen molar-refractivity contribution in [1.29, 1.82) is 0 Å². The average Bonchev–Trinajstić information content (AvgIpc) is 3.50. The Balaban J connectivity index is 3.99. The van der Waals surface area contributed by atoms with Crippen molar-refractivity contribution < 1.29 is 32.9 Å². The lowest BCUT2D eigenvalue weighted by Gasteiger charge is -2.26. The first-order valence-electron chi connectivity index (χ1n) is 35.8. The van der Waals surface area contributed by atoms with Crippen molar-refractivity contribution in [1.82, 2.24) is 5.32 Å². The Labute approximate surface area is 516 Å². The topological polar surface area (TPSA) is 105 Å². The monoisotopic (exact) mass is 1180 g/mol. The summed E-state index contributed by atoms with van der Waals surface area (Å²) >= 11 is 0. The predicted molar refractivity (Wildman–Crippen MR) is 364 cm³/mol. The smallest absolute Gasteiger partial charge is 0.391 e. The summed E-state index contributed by atoms with van der Waals surface area (Å²) in [6.07, 6.45) is 90.1. The van der Waals surface area contributed by atoms with E-state index in [1.807, 2.05) is 21.1 Å². The number of amides is 1. The van der Waals surface area contributed by atoms with E-state index < -0.39 is 20.0 Å². The summed E-state index contributed by atoms with van der Waals surface area (Å²) in [7, 11) is 1.63. The van der Waals surface area contributed by atoms with Crippen molar-refractivity contribution in [3.63, 3.8) is 0 Å². The fraction of sp³-hybridized carbons (Fsp3) is 0.824.